The number of rotatable bonds is 9. The summed E-state index contributed by atoms with van der Waals surface area (Å²) in [5, 5.41) is 3.06. The Morgan fingerprint density at radius 1 is 1.26 bits per heavy atom. The fraction of sp³-hybridized carbons (Fsp3) is 0.867. The van der Waals surface area contributed by atoms with Gasteiger partial charge in [0.05, 0.1) is 0 Å². The molecule has 0 rings (SSSR count). The second-order valence-corrected chi connectivity index (χ2v) is 6.64. The van der Waals surface area contributed by atoms with Crippen molar-refractivity contribution in [3.8, 4) is 0 Å². The van der Waals surface area contributed by atoms with Crippen LogP contribution in [0.5, 0.6) is 0 Å². The molecule has 1 amide bonds. The van der Waals surface area contributed by atoms with E-state index < -0.39 is 0 Å². The number of nitrogens with one attached hydrogen (secondary N) is 1. The minimum atomic E-state index is -0.230. The molecular formula is C15H30N2O2. The minimum absolute atomic E-state index is 0.0214. The number of hydrogen-bond donors (Lipinski definition) is 2. The Morgan fingerprint density at radius 3 is 2.32 bits per heavy atom. The van der Waals surface area contributed by atoms with E-state index in [2.05, 4.69) is 12.2 Å². The van der Waals surface area contributed by atoms with Crippen LogP contribution in [0.25, 0.3) is 0 Å². The Morgan fingerprint density at radius 2 is 1.84 bits per heavy atom. The molecule has 3 atom stereocenters. The van der Waals surface area contributed by atoms with Crippen LogP contribution in [-0.2, 0) is 9.59 Å². The Hall–Kier alpha value is -0.900. The molecule has 0 aromatic heterocycles. The zero-order valence-corrected chi connectivity index (χ0v) is 13.0. The van der Waals surface area contributed by atoms with Crippen molar-refractivity contribution in [2.45, 2.75) is 59.4 Å². The average molecular weight is 270 g/mol. The van der Waals surface area contributed by atoms with Gasteiger partial charge in [-0.2, -0.15) is 0 Å². The molecule has 4 heteroatoms. The van der Waals surface area contributed by atoms with E-state index in [-0.39, 0.29) is 23.3 Å². The number of aldehydes is 1. The summed E-state index contributed by atoms with van der Waals surface area (Å²) in [6.45, 7) is 10.7. The highest BCUT2D eigenvalue weighted by atomic mass is 16.1. The van der Waals surface area contributed by atoms with Gasteiger partial charge in [-0.25, -0.2) is 0 Å². The van der Waals surface area contributed by atoms with E-state index in [0.717, 1.165) is 19.1 Å². The number of amides is 1. The maximum absolute atomic E-state index is 12.0. The molecule has 0 aromatic carbocycles. The van der Waals surface area contributed by atoms with Crippen LogP contribution in [0.2, 0.25) is 0 Å². The third-order valence-electron chi connectivity index (χ3n) is 3.28. The molecule has 4 nitrogen and oxygen atoms in total. The molecule has 0 aliphatic carbocycles. The molecule has 3 unspecified atom stereocenters. The molecule has 0 saturated carbocycles. The van der Waals surface area contributed by atoms with Gasteiger partial charge in [0.2, 0.25) is 5.91 Å². The van der Waals surface area contributed by atoms with Crippen LogP contribution in [0.1, 0.15) is 53.9 Å². The molecule has 19 heavy (non-hydrogen) atoms. The summed E-state index contributed by atoms with van der Waals surface area (Å²) >= 11 is 0. The number of carbonyl (C=O) groups excluding carboxylic acids is 2. The van der Waals surface area contributed by atoms with E-state index in [1.54, 1.807) is 0 Å². The Balaban J connectivity index is 4.18. The first-order chi connectivity index (χ1) is 8.70. The van der Waals surface area contributed by atoms with Crippen molar-refractivity contribution in [2.75, 3.05) is 6.54 Å². The molecule has 0 spiro atoms. The maximum atomic E-state index is 12.0. The van der Waals surface area contributed by atoms with Crippen LogP contribution in [0, 0.1) is 17.8 Å². The van der Waals surface area contributed by atoms with Crippen LogP contribution in [0.3, 0.4) is 0 Å². The molecular weight excluding hydrogens is 240 g/mol. The van der Waals surface area contributed by atoms with Crippen molar-refractivity contribution in [1.29, 1.82) is 0 Å². The van der Waals surface area contributed by atoms with Crippen LogP contribution in [0.4, 0.5) is 0 Å². The highest BCUT2D eigenvalue weighted by Gasteiger charge is 2.23. The van der Waals surface area contributed by atoms with Gasteiger partial charge in [0.1, 0.15) is 6.29 Å². The Kier molecular flexibility index (Phi) is 7.91. The van der Waals surface area contributed by atoms with Gasteiger partial charge in [-0.3, -0.25) is 4.79 Å². The SMILES string of the molecule is CC(C=O)CC(C)CC(=O)NC(C)(C)CC(C)CN. The van der Waals surface area contributed by atoms with Crippen molar-refractivity contribution in [3.63, 3.8) is 0 Å². The van der Waals surface area contributed by atoms with Crippen LogP contribution in [-0.4, -0.2) is 24.3 Å². The normalized spacial score (nSPS) is 16.5. The van der Waals surface area contributed by atoms with Crippen LogP contribution < -0.4 is 11.1 Å². The van der Waals surface area contributed by atoms with E-state index in [9.17, 15) is 9.59 Å². The fourth-order valence-electron chi connectivity index (χ4n) is 2.52. The summed E-state index contributed by atoms with van der Waals surface area (Å²) in [6.07, 6.45) is 3.05. The molecule has 0 fully saturated rings. The fourth-order valence-corrected chi connectivity index (χ4v) is 2.52. The average Bonchev–Trinajstić information content (AvgIpc) is 2.26. The lowest BCUT2D eigenvalue weighted by atomic mass is 9.90. The zero-order chi connectivity index (χ0) is 15.1. The van der Waals surface area contributed by atoms with E-state index >= 15 is 0 Å². The van der Waals surface area contributed by atoms with Gasteiger partial charge in [0, 0.05) is 17.9 Å². The summed E-state index contributed by atoms with van der Waals surface area (Å²) in [6, 6.07) is 0. The van der Waals surface area contributed by atoms with Gasteiger partial charge in [-0.1, -0.05) is 20.8 Å². The molecule has 0 radical (unpaired) electrons. The largest absolute Gasteiger partial charge is 0.351 e. The van der Waals surface area contributed by atoms with Gasteiger partial charge in [0.15, 0.2) is 0 Å². The first-order valence-corrected chi connectivity index (χ1v) is 7.16. The smallest absolute Gasteiger partial charge is 0.220 e. The number of carbonyl (C=O) groups is 2. The molecule has 112 valence electrons. The number of hydrogen-bond acceptors (Lipinski definition) is 3. The third-order valence-corrected chi connectivity index (χ3v) is 3.28. The highest BCUT2D eigenvalue weighted by Crippen LogP contribution is 2.18. The zero-order valence-electron chi connectivity index (χ0n) is 13.0. The van der Waals surface area contributed by atoms with E-state index in [1.165, 1.54) is 0 Å². The van der Waals surface area contributed by atoms with E-state index in [0.29, 0.717) is 18.9 Å². The summed E-state index contributed by atoms with van der Waals surface area (Å²) < 4.78 is 0. The maximum Gasteiger partial charge on any atom is 0.220 e. The lowest BCUT2D eigenvalue weighted by molar-refractivity contribution is -0.124. The van der Waals surface area contributed by atoms with Gasteiger partial charge in [-0.15, -0.1) is 0 Å². The molecule has 0 saturated heterocycles. The quantitative estimate of drug-likeness (QED) is 0.630. The van der Waals surface area contributed by atoms with Crippen molar-refractivity contribution >= 4 is 12.2 Å². The van der Waals surface area contributed by atoms with E-state index in [4.69, 9.17) is 5.73 Å². The second kappa shape index (κ2) is 8.31. The van der Waals surface area contributed by atoms with Gasteiger partial charge < -0.3 is 15.8 Å². The minimum Gasteiger partial charge on any atom is -0.351 e. The monoisotopic (exact) mass is 270 g/mol. The second-order valence-electron chi connectivity index (χ2n) is 6.64. The summed E-state index contributed by atoms with van der Waals surface area (Å²) in [7, 11) is 0. The van der Waals surface area contributed by atoms with Gasteiger partial charge in [-0.05, 0) is 45.1 Å². The van der Waals surface area contributed by atoms with Crippen LogP contribution in [0.15, 0.2) is 0 Å². The summed E-state index contributed by atoms with van der Waals surface area (Å²) in [5.41, 5.74) is 5.38. The van der Waals surface area contributed by atoms with E-state index in [1.807, 2.05) is 27.7 Å². The topological polar surface area (TPSA) is 72.2 Å². The Labute approximate surface area is 117 Å². The first-order valence-electron chi connectivity index (χ1n) is 7.16. The summed E-state index contributed by atoms with van der Waals surface area (Å²) in [4.78, 5) is 22.6. The summed E-state index contributed by atoms with van der Waals surface area (Å²) in [5.74, 6) is 0.693. The Bertz CT molecular complexity index is 290. The van der Waals surface area contributed by atoms with Crippen LogP contribution >= 0.6 is 0 Å². The highest BCUT2D eigenvalue weighted by molar-refractivity contribution is 5.77. The van der Waals surface area contributed by atoms with Crippen molar-refractivity contribution in [2.24, 2.45) is 23.5 Å². The molecule has 0 aromatic rings. The molecule has 3 N–H and O–H groups in total. The first kappa shape index (κ1) is 18.1. The molecule has 0 heterocycles. The molecule has 0 bridgehead atoms. The van der Waals surface area contributed by atoms with Crippen molar-refractivity contribution in [3.05, 3.63) is 0 Å². The predicted molar refractivity (Wildman–Crippen MR) is 78.7 cm³/mol. The van der Waals surface area contributed by atoms with Gasteiger partial charge >= 0.3 is 0 Å². The predicted octanol–water partition coefficient (Wildman–Crippen LogP) is 2.12. The molecule has 0 aliphatic rings. The lowest BCUT2D eigenvalue weighted by Crippen LogP contribution is -2.45. The molecule has 0 aliphatic heterocycles. The van der Waals surface area contributed by atoms with Gasteiger partial charge in [0.25, 0.3) is 0 Å². The standard InChI is InChI=1S/C15H30N2O2/c1-11(6-12(2)10-18)7-14(19)17-15(4,5)8-13(3)9-16/h10-13H,6-9,16H2,1-5H3,(H,17,19). The van der Waals surface area contributed by atoms with Crippen molar-refractivity contribution < 1.29 is 9.59 Å². The number of nitrogens with two attached hydrogens (primary N) is 1. The van der Waals surface area contributed by atoms with Crippen molar-refractivity contribution in [1.82, 2.24) is 5.32 Å². The third kappa shape index (κ3) is 8.76. The lowest BCUT2D eigenvalue weighted by Gasteiger charge is -2.29.